The summed E-state index contributed by atoms with van der Waals surface area (Å²) in [5.41, 5.74) is 0. The van der Waals surface area contributed by atoms with Crippen molar-refractivity contribution in [3.8, 4) is 0 Å². The maximum Gasteiger partial charge on any atom is 0.303 e. The Morgan fingerprint density at radius 3 is 1.42 bits per heavy atom. The van der Waals surface area contributed by atoms with E-state index in [4.69, 9.17) is 5.11 Å². The Labute approximate surface area is 151 Å². The van der Waals surface area contributed by atoms with Crippen molar-refractivity contribution >= 4 is 5.97 Å². The quantitative estimate of drug-likeness (QED) is 0.194. The van der Waals surface area contributed by atoms with E-state index in [0.29, 0.717) is 6.42 Å². The number of carboxylic acids is 1. The standard InChI is InChI=1S/C22H42O2/c1-2-3-4-5-6-7-8-9-10-11-12-13-14-15-16-17-18-19-20-21-22(23)24/h7-8H,2-6,9-21H2,1H3,(H,23,24). The molecule has 0 heterocycles. The van der Waals surface area contributed by atoms with E-state index in [-0.39, 0.29) is 0 Å². The molecular weight excluding hydrogens is 296 g/mol. The van der Waals surface area contributed by atoms with E-state index in [2.05, 4.69) is 19.1 Å². The highest BCUT2D eigenvalue weighted by Crippen LogP contribution is 2.13. The monoisotopic (exact) mass is 338 g/mol. The van der Waals surface area contributed by atoms with E-state index >= 15 is 0 Å². The predicted molar refractivity (Wildman–Crippen MR) is 106 cm³/mol. The van der Waals surface area contributed by atoms with Crippen LogP contribution in [0.1, 0.15) is 122 Å². The van der Waals surface area contributed by atoms with Crippen LogP contribution in [0.25, 0.3) is 0 Å². The van der Waals surface area contributed by atoms with Crippen LogP contribution >= 0.6 is 0 Å². The van der Waals surface area contributed by atoms with E-state index < -0.39 is 5.97 Å². The van der Waals surface area contributed by atoms with E-state index in [1.54, 1.807) is 0 Å². The minimum absolute atomic E-state index is 0.341. The number of carbonyl (C=O) groups is 1. The lowest BCUT2D eigenvalue weighted by Gasteiger charge is -2.02. The van der Waals surface area contributed by atoms with Crippen molar-refractivity contribution in [2.24, 2.45) is 0 Å². The van der Waals surface area contributed by atoms with Gasteiger partial charge in [-0.25, -0.2) is 0 Å². The molecule has 142 valence electrons. The first-order valence-electron chi connectivity index (χ1n) is 10.6. The Bertz CT molecular complexity index is 284. The summed E-state index contributed by atoms with van der Waals surface area (Å²) >= 11 is 0. The van der Waals surface area contributed by atoms with Gasteiger partial charge in [0.1, 0.15) is 0 Å². The number of allylic oxidation sites excluding steroid dienone is 2. The summed E-state index contributed by atoms with van der Waals surface area (Å²) in [7, 11) is 0. The normalized spacial score (nSPS) is 11.4. The molecule has 1 N–H and O–H groups in total. The summed E-state index contributed by atoms with van der Waals surface area (Å²) in [6, 6.07) is 0. The summed E-state index contributed by atoms with van der Waals surface area (Å²) in [5.74, 6) is -0.655. The number of hydrogen-bond acceptors (Lipinski definition) is 1. The van der Waals surface area contributed by atoms with Gasteiger partial charge in [0.25, 0.3) is 0 Å². The highest BCUT2D eigenvalue weighted by atomic mass is 16.4. The molecule has 0 bridgehead atoms. The van der Waals surface area contributed by atoms with Crippen LogP contribution in [0.15, 0.2) is 12.2 Å². The largest absolute Gasteiger partial charge is 0.481 e. The van der Waals surface area contributed by atoms with Crippen molar-refractivity contribution in [1.29, 1.82) is 0 Å². The van der Waals surface area contributed by atoms with Crippen molar-refractivity contribution < 1.29 is 9.90 Å². The lowest BCUT2D eigenvalue weighted by atomic mass is 10.0. The summed E-state index contributed by atoms with van der Waals surface area (Å²) in [6.07, 6.45) is 27.1. The maximum atomic E-state index is 10.4. The van der Waals surface area contributed by atoms with E-state index in [1.807, 2.05) is 0 Å². The second kappa shape index (κ2) is 20.3. The van der Waals surface area contributed by atoms with Gasteiger partial charge in [-0.05, 0) is 32.1 Å². The zero-order valence-electron chi connectivity index (χ0n) is 16.2. The molecule has 0 aromatic rings. The van der Waals surface area contributed by atoms with E-state index in [9.17, 15) is 4.79 Å². The fourth-order valence-corrected chi connectivity index (χ4v) is 3.05. The zero-order valence-corrected chi connectivity index (χ0v) is 16.2. The van der Waals surface area contributed by atoms with Gasteiger partial charge >= 0.3 is 5.97 Å². The molecule has 0 aliphatic heterocycles. The lowest BCUT2D eigenvalue weighted by molar-refractivity contribution is -0.137. The Morgan fingerprint density at radius 2 is 1.00 bits per heavy atom. The van der Waals surface area contributed by atoms with Gasteiger partial charge in [-0.1, -0.05) is 96.1 Å². The second-order valence-electron chi connectivity index (χ2n) is 7.14. The highest BCUT2D eigenvalue weighted by molar-refractivity contribution is 5.66. The maximum absolute atomic E-state index is 10.4. The average Bonchev–Trinajstić information content (AvgIpc) is 2.56. The molecule has 0 radical (unpaired) electrons. The van der Waals surface area contributed by atoms with Crippen LogP contribution in [0.3, 0.4) is 0 Å². The van der Waals surface area contributed by atoms with Crippen LogP contribution in [0.5, 0.6) is 0 Å². The van der Waals surface area contributed by atoms with Crippen LogP contribution in [0.4, 0.5) is 0 Å². The minimum Gasteiger partial charge on any atom is -0.481 e. The Kier molecular flexibility index (Phi) is 19.6. The number of unbranched alkanes of at least 4 members (excludes halogenated alkanes) is 15. The van der Waals surface area contributed by atoms with Gasteiger partial charge < -0.3 is 5.11 Å². The first-order valence-corrected chi connectivity index (χ1v) is 10.6. The molecule has 0 spiro atoms. The Hall–Kier alpha value is -0.790. The molecule has 0 aromatic carbocycles. The van der Waals surface area contributed by atoms with Crippen LogP contribution in [0, 0.1) is 0 Å². The average molecular weight is 339 g/mol. The molecule has 0 aliphatic rings. The molecule has 0 saturated heterocycles. The first kappa shape index (κ1) is 23.2. The van der Waals surface area contributed by atoms with Gasteiger partial charge in [-0.2, -0.15) is 0 Å². The fourth-order valence-electron chi connectivity index (χ4n) is 3.05. The van der Waals surface area contributed by atoms with Gasteiger partial charge in [0, 0.05) is 6.42 Å². The molecule has 0 fully saturated rings. The van der Waals surface area contributed by atoms with Crippen molar-refractivity contribution in [3.63, 3.8) is 0 Å². The van der Waals surface area contributed by atoms with Gasteiger partial charge in [-0.15, -0.1) is 0 Å². The number of hydrogen-bond donors (Lipinski definition) is 1. The topological polar surface area (TPSA) is 37.3 Å². The number of aliphatic carboxylic acids is 1. The van der Waals surface area contributed by atoms with Gasteiger partial charge in [0.05, 0.1) is 0 Å². The zero-order chi connectivity index (χ0) is 17.7. The second-order valence-corrected chi connectivity index (χ2v) is 7.14. The summed E-state index contributed by atoms with van der Waals surface area (Å²) in [4.78, 5) is 10.4. The van der Waals surface area contributed by atoms with Gasteiger partial charge in [0.2, 0.25) is 0 Å². The molecule has 0 rings (SSSR count). The van der Waals surface area contributed by atoms with Crippen LogP contribution in [-0.2, 0) is 4.79 Å². The molecule has 0 aliphatic carbocycles. The summed E-state index contributed by atoms with van der Waals surface area (Å²) < 4.78 is 0. The molecular formula is C22H42O2. The summed E-state index contributed by atoms with van der Waals surface area (Å²) in [5, 5.41) is 8.55. The van der Waals surface area contributed by atoms with Crippen molar-refractivity contribution in [3.05, 3.63) is 12.2 Å². The Balaban J connectivity index is 3.05. The van der Waals surface area contributed by atoms with Crippen LogP contribution in [0.2, 0.25) is 0 Å². The minimum atomic E-state index is -0.655. The molecule has 0 amide bonds. The fraction of sp³-hybridized carbons (Fsp3) is 0.864. The van der Waals surface area contributed by atoms with Crippen LogP contribution < -0.4 is 0 Å². The third-order valence-electron chi connectivity index (χ3n) is 4.65. The SMILES string of the molecule is CCCCCCC=CCCCCCCCCCCCCCC(=O)O. The smallest absolute Gasteiger partial charge is 0.303 e. The van der Waals surface area contributed by atoms with Gasteiger partial charge in [0.15, 0.2) is 0 Å². The highest BCUT2D eigenvalue weighted by Gasteiger charge is 1.96. The first-order chi connectivity index (χ1) is 11.8. The molecule has 0 saturated carbocycles. The molecule has 24 heavy (non-hydrogen) atoms. The summed E-state index contributed by atoms with van der Waals surface area (Å²) in [6.45, 7) is 2.26. The molecule has 0 unspecified atom stereocenters. The van der Waals surface area contributed by atoms with Crippen molar-refractivity contribution in [2.75, 3.05) is 0 Å². The predicted octanol–water partition coefficient (Wildman–Crippen LogP) is 7.67. The van der Waals surface area contributed by atoms with Crippen LogP contribution in [-0.4, -0.2) is 11.1 Å². The third-order valence-corrected chi connectivity index (χ3v) is 4.65. The van der Waals surface area contributed by atoms with Gasteiger partial charge in [-0.3, -0.25) is 4.79 Å². The van der Waals surface area contributed by atoms with E-state index in [0.717, 1.165) is 12.8 Å². The van der Waals surface area contributed by atoms with E-state index in [1.165, 1.54) is 96.3 Å². The molecule has 2 heteroatoms. The Morgan fingerprint density at radius 1 is 0.625 bits per heavy atom. The number of rotatable bonds is 19. The molecule has 2 nitrogen and oxygen atoms in total. The number of carboxylic acid groups (broad SMARTS) is 1. The van der Waals surface area contributed by atoms with Crippen molar-refractivity contribution in [1.82, 2.24) is 0 Å². The lowest BCUT2D eigenvalue weighted by Crippen LogP contribution is -1.93. The van der Waals surface area contributed by atoms with Crippen molar-refractivity contribution in [2.45, 2.75) is 122 Å². The third kappa shape index (κ3) is 21.2. The molecule has 0 atom stereocenters. The molecule has 0 aromatic heterocycles.